The minimum absolute atomic E-state index is 0.0533. The molecule has 0 radical (unpaired) electrons. The van der Waals surface area contributed by atoms with E-state index >= 15 is 0 Å². The maximum absolute atomic E-state index is 12.2. The van der Waals surface area contributed by atoms with Crippen molar-refractivity contribution in [3.05, 3.63) is 34.9 Å². The minimum Gasteiger partial charge on any atom is -0.396 e. The van der Waals surface area contributed by atoms with Gasteiger partial charge in [-0.15, -0.1) is 0 Å². The molecule has 4 nitrogen and oxygen atoms in total. The van der Waals surface area contributed by atoms with Gasteiger partial charge in [0.1, 0.15) is 0 Å². The van der Waals surface area contributed by atoms with Crippen LogP contribution >= 0.6 is 11.6 Å². The van der Waals surface area contributed by atoms with Crippen LogP contribution in [0.4, 0.5) is 4.79 Å². The van der Waals surface area contributed by atoms with E-state index in [1.807, 2.05) is 31.3 Å². The molecule has 0 saturated heterocycles. The van der Waals surface area contributed by atoms with Crippen LogP contribution in [0.3, 0.4) is 0 Å². The molecule has 1 saturated carbocycles. The maximum Gasteiger partial charge on any atom is 0.317 e. The van der Waals surface area contributed by atoms with Gasteiger partial charge in [-0.2, -0.15) is 0 Å². The average molecular weight is 311 g/mol. The Morgan fingerprint density at radius 1 is 1.38 bits per heavy atom. The van der Waals surface area contributed by atoms with Crippen molar-refractivity contribution in [3.63, 3.8) is 0 Å². The van der Waals surface area contributed by atoms with Gasteiger partial charge in [-0.25, -0.2) is 4.79 Å². The highest BCUT2D eigenvalue weighted by Crippen LogP contribution is 2.26. The van der Waals surface area contributed by atoms with Crippen LogP contribution < -0.4 is 5.32 Å². The Labute approximate surface area is 131 Å². The summed E-state index contributed by atoms with van der Waals surface area (Å²) in [4.78, 5) is 14.0. The van der Waals surface area contributed by atoms with Crippen LogP contribution in [0.25, 0.3) is 0 Å². The van der Waals surface area contributed by atoms with E-state index in [1.165, 1.54) is 0 Å². The van der Waals surface area contributed by atoms with Gasteiger partial charge in [-0.1, -0.05) is 23.7 Å². The van der Waals surface area contributed by atoms with Crippen LogP contribution in [-0.2, 0) is 6.54 Å². The first kappa shape index (κ1) is 16.1. The number of amides is 2. The second-order valence-electron chi connectivity index (χ2n) is 5.76. The second kappa shape index (κ2) is 7.66. The minimum atomic E-state index is -0.0533. The monoisotopic (exact) mass is 310 g/mol. The third kappa shape index (κ3) is 4.61. The van der Waals surface area contributed by atoms with Crippen molar-refractivity contribution in [1.82, 2.24) is 10.2 Å². The van der Waals surface area contributed by atoms with Crippen LogP contribution in [0, 0.1) is 5.92 Å². The fraction of sp³-hybridized carbons (Fsp3) is 0.562. The Morgan fingerprint density at radius 2 is 2.10 bits per heavy atom. The molecule has 2 amide bonds. The highest BCUT2D eigenvalue weighted by molar-refractivity contribution is 6.30. The van der Waals surface area contributed by atoms with Gasteiger partial charge in [0.15, 0.2) is 0 Å². The van der Waals surface area contributed by atoms with Gasteiger partial charge in [-0.05, 0) is 49.3 Å². The summed E-state index contributed by atoms with van der Waals surface area (Å²) < 4.78 is 0. The number of aliphatic hydroxyl groups is 1. The fourth-order valence-corrected chi connectivity index (χ4v) is 3.04. The third-order valence-corrected chi connectivity index (χ3v) is 4.51. The molecule has 0 bridgehead atoms. The van der Waals surface area contributed by atoms with Gasteiger partial charge < -0.3 is 15.3 Å². The van der Waals surface area contributed by atoms with Crippen LogP contribution in [0.15, 0.2) is 24.3 Å². The summed E-state index contributed by atoms with van der Waals surface area (Å²) in [7, 11) is 1.84. The third-order valence-electron chi connectivity index (χ3n) is 4.28. The molecule has 0 aliphatic heterocycles. The number of nitrogens with zero attached hydrogens (tertiary/aromatic N) is 1. The normalized spacial score (nSPS) is 21.9. The molecule has 0 spiro atoms. The molecule has 0 atom stereocenters. The lowest BCUT2D eigenvalue weighted by Crippen LogP contribution is -2.45. The highest BCUT2D eigenvalue weighted by atomic mass is 35.5. The standard InChI is InChI=1S/C16H23ClN2O2/c1-19(15-7-5-12(11-20)6-8-15)16(21)18-10-13-3-2-4-14(17)9-13/h2-4,9,12,15,20H,5-8,10-11H2,1H3,(H,18,21). The van der Waals surface area contributed by atoms with Gasteiger partial charge in [0.25, 0.3) is 0 Å². The zero-order valence-corrected chi connectivity index (χ0v) is 13.1. The number of carbonyl (C=O) groups excluding carboxylic acids is 1. The molecule has 21 heavy (non-hydrogen) atoms. The summed E-state index contributed by atoms with van der Waals surface area (Å²) in [6.45, 7) is 0.743. The molecular weight excluding hydrogens is 288 g/mol. The summed E-state index contributed by atoms with van der Waals surface area (Å²) >= 11 is 5.93. The first-order valence-corrected chi connectivity index (χ1v) is 7.84. The first-order valence-electron chi connectivity index (χ1n) is 7.46. The van der Waals surface area contributed by atoms with Crippen molar-refractivity contribution in [3.8, 4) is 0 Å². The van der Waals surface area contributed by atoms with Gasteiger partial charge in [0.2, 0.25) is 0 Å². The lowest BCUT2D eigenvalue weighted by Gasteiger charge is -2.34. The number of rotatable bonds is 4. The summed E-state index contributed by atoms with van der Waals surface area (Å²) in [5, 5.41) is 12.8. The van der Waals surface area contributed by atoms with Gasteiger partial charge >= 0.3 is 6.03 Å². The topological polar surface area (TPSA) is 52.6 Å². The van der Waals surface area contributed by atoms with E-state index in [2.05, 4.69) is 5.32 Å². The van der Waals surface area contributed by atoms with E-state index in [0.717, 1.165) is 31.2 Å². The number of carbonyl (C=O) groups is 1. The number of aliphatic hydroxyl groups excluding tert-OH is 1. The lowest BCUT2D eigenvalue weighted by molar-refractivity contribution is 0.134. The molecule has 116 valence electrons. The number of hydrogen-bond donors (Lipinski definition) is 2. The van der Waals surface area contributed by atoms with E-state index in [-0.39, 0.29) is 18.7 Å². The SMILES string of the molecule is CN(C(=O)NCc1cccc(Cl)c1)C1CCC(CO)CC1. The Bertz CT molecular complexity index is 473. The molecule has 0 unspecified atom stereocenters. The predicted octanol–water partition coefficient (Wildman–Crippen LogP) is 3.03. The molecule has 2 N–H and O–H groups in total. The molecule has 1 aromatic rings. The van der Waals surface area contributed by atoms with Crippen molar-refractivity contribution in [2.24, 2.45) is 5.92 Å². The Balaban J connectivity index is 1.80. The zero-order chi connectivity index (χ0) is 15.2. The van der Waals surface area contributed by atoms with E-state index < -0.39 is 0 Å². The molecule has 1 aliphatic carbocycles. The highest BCUT2D eigenvalue weighted by Gasteiger charge is 2.25. The molecule has 1 fully saturated rings. The molecule has 0 aromatic heterocycles. The molecule has 0 heterocycles. The molecule has 1 aliphatic rings. The summed E-state index contributed by atoms with van der Waals surface area (Å²) in [6.07, 6.45) is 3.92. The Kier molecular flexibility index (Phi) is 5.88. The lowest BCUT2D eigenvalue weighted by atomic mass is 9.86. The van der Waals surface area contributed by atoms with Gasteiger partial charge in [0, 0.05) is 31.3 Å². The summed E-state index contributed by atoms with van der Waals surface area (Å²) in [5.41, 5.74) is 0.994. The van der Waals surface area contributed by atoms with E-state index in [1.54, 1.807) is 4.90 Å². The van der Waals surface area contributed by atoms with Crippen molar-refractivity contribution in [2.75, 3.05) is 13.7 Å². The fourth-order valence-electron chi connectivity index (χ4n) is 2.83. The van der Waals surface area contributed by atoms with Gasteiger partial charge in [0.05, 0.1) is 0 Å². The van der Waals surface area contributed by atoms with Crippen LogP contribution in [0.2, 0.25) is 5.02 Å². The molecule has 1 aromatic carbocycles. The average Bonchev–Trinajstić information content (AvgIpc) is 2.52. The Hall–Kier alpha value is -1.26. The molecule has 2 rings (SSSR count). The Morgan fingerprint density at radius 3 is 2.71 bits per heavy atom. The van der Waals surface area contributed by atoms with Crippen molar-refractivity contribution in [2.45, 2.75) is 38.3 Å². The summed E-state index contributed by atoms with van der Waals surface area (Å²) in [5.74, 6) is 0.407. The van der Waals surface area contributed by atoms with Crippen LogP contribution in [-0.4, -0.2) is 35.7 Å². The number of nitrogens with one attached hydrogen (secondary N) is 1. The molecular formula is C16H23ClN2O2. The van der Waals surface area contributed by atoms with Gasteiger partial charge in [-0.3, -0.25) is 0 Å². The number of urea groups is 1. The maximum atomic E-state index is 12.2. The quantitative estimate of drug-likeness (QED) is 0.898. The van der Waals surface area contributed by atoms with Crippen molar-refractivity contribution >= 4 is 17.6 Å². The van der Waals surface area contributed by atoms with Crippen molar-refractivity contribution in [1.29, 1.82) is 0 Å². The smallest absolute Gasteiger partial charge is 0.317 e. The zero-order valence-electron chi connectivity index (χ0n) is 12.4. The van der Waals surface area contributed by atoms with E-state index in [9.17, 15) is 4.79 Å². The van der Waals surface area contributed by atoms with Crippen molar-refractivity contribution < 1.29 is 9.90 Å². The number of benzene rings is 1. The second-order valence-corrected chi connectivity index (χ2v) is 6.19. The first-order chi connectivity index (χ1) is 10.1. The van der Waals surface area contributed by atoms with Crippen LogP contribution in [0.1, 0.15) is 31.2 Å². The van der Waals surface area contributed by atoms with E-state index in [0.29, 0.717) is 17.5 Å². The predicted molar refractivity (Wildman–Crippen MR) is 84.3 cm³/mol. The largest absolute Gasteiger partial charge is 0.396 e. The number of halogens is 1. The number of hydrogen-bond acceptors (Lipinski definition) is 2. The van der Waals surface area contributed by atoms with E-state index in [4.69, 9.17) is 16.7 Å². The summed E-state index contributed by atoms with van der Waals surface area (Å²) in [6, 6.07) is 7.71. The molecule has 5 heteroatoms. The van der Waals surface area contributed by atoms with Crippen LogP contribution in [0.5, 0.6) is 0 Å².